The first kappa shape index (κ1) is 16.2. The average Bonchev–Trinajstić information content (AvgIpc) is 3.05. The standard InChI is InChI=1S/C15H11ClN4O3S/c16-10-2-1-3-11(8-10)20-6-5-19(13(22)14(20)23)9-12(21)18-15-17-4-7-24-15/h1-8H,9H2,(H,17,18,21). The molecule has 1 N–H and O–H groups in total. The van der Waals surface area contributed by atoms with Crippen LogP contribution < -0.4 is 16.4 Å². The molecule has 122 valence electrons. The molecule has 3 aromatic rings. The van der Waals surface area contributed by atoms with E-state index in [-0.39, 0.29) is 6.54 Å². The van der Waals surface area contributed by atoms with Crippen LogP contribution in [-0.2, 0) is 11.3 Å². The van der Waals surface area contributed by atoms with Gasteiger partial charge >= 0.3 is 11.1 Å². The third-order valence-electron chi connectivity index (χ3n) is 3.14. The highest BCUT2D eigenvalue weighted by Gasteiger charge is 2.11. The number of hydrogen-bond acceptors (Lipinski definition) is 5. The lowest BCUT2D eigenvalue weighted by Gasteiger charge is -2.09. The molecule has 1 amide bonds. The minimum Gasteiger partial charge on any atom is -0.300 e. The third-order valence-corrected chi connectivity index (χ3v) is 4.06. The molecule has 0 atom stereocenters. The number of thiazole rings is 1. The summed E-state index contributed by atoms with van der Waals surface area (Å²) in [6.07, 6.45) is 4.36. The Hall–Kier alpha value is -2.71. The number of benzene rings is 1. The van der Waals surface area contributed by atoms with Gasteiger partial charge < -0.3 is 5.32 Å². The molecule has 0 saturated heterocycles. The number of carbonyl (C=O) groups excluding carboxylic acids is 1. The Bertz CT molecular complexity index is 994. The van der Waals surface area contributed by atoms with Crippen LogP contribution in [-0.4, -0.2) is 20.0 Å². The van der Waals surface area contributed by atoms with Crippen molar-refractivity contribution in [1.29, 1.82) is 0 Å². The molecule has 0 saturated carbocycles. The fourth-order valence-electron chi connectivity index (χ4n) is 2.06. The van der Waals surface area contributed by atoms with Gasteiger partial charge in [-0.2, -0.15) is 0 Å². The summed E-state index contributed by atoms with van der Waals surface area (Å²) in [5, 5.41) is 5.15. The van der Waals surface area contributed by atoms with E-state index < -0.39 is 17.0 Å². The molecule has 0 unspecified atom stereocenters. The van der Waals surface area contributed by atoms with E-state index in [1.54, 1.807) is 35.8 Å². The Morgan fingerprint density at radius 3 is 2.79 bits per heavy atom. The van der Waals surface area contributed by atoms with Crippen LogP contribution in [0.15, 0.2) is 57.8 Å². The van der Waals surface area contributed by atoms with E-state index in [1.165, 1.54) is 28.3 Å². The smallest absolute Gasteiger partial charge is 0.300 e. The first-order chi connectivity index (χ1) is 11.5. The number of anilines is 1. The Labute approximate surface area is 144 Å². The van der Waals surface area contributed by atoms with Gasteiger partial charge in [0.25, 0.3) is 0 Å². The molecular formula is C15H11ClN4O3S. The summed E-state index contributed by atoms with van der Waals surface area (Å²) in [5.74, 6) is -0.438. The summed E-state index contributed by atoms with van der Waals surface area (Å²) >= 11 is 7.16. The first-order valence-corrected chi connectivity index (χ1v) is 8.08. The van der Waals surface area contributed by atoms with E-state index in [1.807, 2.05) is 0 Å². The molecule has 24 heavy (non-hydrogen) atoms. The second-order valence-corrected chi connectivity index (χ2v) is 6.10. The molecule has 2 heterocycles. The first-order valence-electron chi connectivity index (χ1n) is 6.82. The van der Waals surface area contributed by atoms with Gasteiger partial charge in [-0.15, -0.1) is 11.3 Å². The van der Waals surface area contributed by atoms with E-state index in [0.717, 1.165) is 4.57 Å². The Morgan fingerprint density at radius 1 is 1.25 bits per heavy atom. The van der Waals surface area contributed by atoms with E-state index >= 15 is 0 Å². The molecule has 9 heteroatoms. The zero-order valence-electron chi connectivity index (χ0n) is 12.2. The minimum atomic E-state index is -0.799. The number of nitrogens with zero attached hydrogens (tertiary/aromatic N) is 3. The third kappa shape index (κ3) is 3.44. The highest BCUT2D eigenvalue weighted by Crippen LogP contribution is 2.13. The number of amides is 1. The average molecular weight is 363 g/mol. The molecular weight excluding hydrogens is 352 g/mol. The number of nitrogens with one attached hydrogen (secondary N) is 1. The van der Waals surface area contributed by atoms with Crippen molar-refractivity contribution >= 4 is 34.0 Å². The highest BCUT2D eigenvalue weighted by atomic mass is 35.5. The van der Waals surface area contributed by atoms with Crippen molar-refractivity contribution in [1.82, 2.24) is 14.1 Å². The number of carbonyl (C=O) groups is 1. The van der Waals surface area contributed by atoms with Gasteiger partial charge in [-0.1, -0.05) is 17.7 Å². The van der Waals surface area contributed by atoms with E-state index in [0.29, 0.717) is 15.8 Å². The molecule has 7 nitrogen and oxygen atoms in total. The quantitative estimate of drug-likeness (QED) is 0.716. The predicted molar refractivity (Wildman–Crippen MR) is 92.1 cm³/mol. The molecule has 0 bridgehead atoms. The van der Waals surface area contributed by atoms with Crippen LogP contribution in [0.25, 0.3) is 5.69 Å². The molecule has 1 aromatic carbocycles. The van der Waals surface area contributed by atoms with Crippen molar-refractivity contribution < 1.29 is 4.79 Å². The second-order valence-electron chi connectivity index (χ2n) is 4.77. The van der Waals surface area contributed by atoms with Crippen molar-refractivity contribution in [3.8, 4) is 5.69 Å². The molecule has 0 fully saturated rings. The lowest BCUT2D eigenvalue weighted by molar-refractivity contribution is -0.116. The van der Waals surface area contributed by atoms with Crippen LogP contribution in [0.3, 0.4) is 0 Å². The van der Waals surface area contributed by atoms with Crippen molar-refractivity contribution in [3.63, 3.8) is 0 Å². The van der Waals surface area contributed by atoms with Gasteiger partial charge in [0.05, 0.1) is 5.69 Å². The highest BCUT2D eigenvalue weighted by molar-refractivity contribution is 7.13. The lowest BCUT2D eigenvalue weighted by Crippen LogP contribution is -2.41. The van der Waals surface area contributed by atoms with Crippen LogP contribution in [0.1, 0.15) is 0 Å². The number of hydrogen-bond donors (Lipinski definition) is 1. The summed E-state index contributed by atoms with van der Waals surface area (Å²) in [5.41, 5.74) is -1.09. The van der Waals surface area contributed by atoms with Crippen molar-refractivity contribution in [2.24, 2.45) is 0 Å². The Morgan fingerprint density at radius 2 is 2.08 bits per heavy atom. The summed E-state index contributed by atoms with van der Waals surface area (Å²) < 4.78 is 2.23. The summed E-state index contributed by atoms with van der Waals surface area (Å²) in [4.78, 5) is 40.3. The van der Waals surface area contributed by atoms with Crippen LogP contribution >= 0.6 is 22.9 Å². The van der Waals surface area contributed by atoms with E-state index in [4.69, 9.17) is 11.6 Å². The van der Waals surface area contributed by atoms with Gasteiger partial charge in [-0.3, -0.25) is 23.5 Å². The van der Waals surface area contributed by atoms with Crippen LogP contribution in [0, 0.1) is 0 Å². The fraction of sp³-hybridized carbons (Fsp3) is 0.0667. The maximum absolute atomic E-state index is 12.2. The molecule has 0 spiro atoms. The molecule has 2 aromatic heterocycles. The maximum atomic E-state index is 12.2. The summed E-state index contributed by atoms with van der Waals surface area (Å²) in [6.45, 7) is -0.274. The topological polar surface area (TPSA) is 86.0 Å². The second kappa shape index (κ2) is 6.81. The summed E-state index contributed by atoms with van der Waals surface area (Å²) in [6, 6.07) is 6.57. The molecule has 0 radical (unpaired) electrons. The van der Waals surface area contributed by atoms with Crippen molar-refractivity contribution in [2.45, 2.75) is 6.54 Å². The molecule has 0 aliphatic rings. The van der Waals surface area contributed by atoms with Gasteiger partial charge in [0.2, 0.25) is 5.91 Å². The van der Waals surface area contributed by atoms with Gasteiger partial charge in [-0.25, -0.2) is 4.98 Å². The normalized spacial score (nSPS) is 10.5. The fourth-order valence-corrected chi connectivity index (χ4v) is 2.79. The Balaban J connectivity index is 1.86. The van der Waals surface area contributed by atoms with Gasteiger partial charge in [-0.05, 0) is 18.2 Å². The van der Waals surface area contributed by atoms with E-state index in [2.05, 4.69) is 10.3 Å². The van der Waals surface area contributed by atoms with Crippen LogP contribution in [0.4, 0.5) is 5.13 Å². The lowest BCUT2D eigenvalue weighted by atomic mass is 10.3. The van der Waals surface area contributed by atoms with Crippen LogP contribution in [0.5, 0.6) is 0 Å². The van der Waals surface area contributed by atoms with Gasteiger partial charge in [0.1, 0.15) is 6.54 Å². The molecule has 3 rings (SSSR count). The van der Waals surface area contributed by atoms with Crippen molar-refractivity contribution in [2.75, 3.05) is 5.32 Å². The van der Waals surface area contributed by atoms with Gasteiger partial charge in [0.15, 0.2) is 5.13 Å². The van der Waals surface area contributed by atoms with Crippen molar-refractivity contribution in [3.05, 3.63) is 74.0 Å². The van der Waals surface area contributed by atoms with Crippen LogP contribution in [0.2, 0.25) is 5.02 Å². The number of aromatic nitrogens is 3. The maximum Gasteiger partial charge on any atom is 0.320 e. The number of rotatable bonds is 4. The summed E-state index contributed by atoms with van der Waals surface area (Å²) in [7, 11) is 0. The predicted octanol–water partition coefficient (Wildman–Crippen LogP) is 1.75. The van der Waals surface area contributed by atoms with E-state index in [9.17, 15) is 14.4 Å². The SMILES string of the molecule is O=C(Cn1ccn(-c2cccc(Cl)c2)c(=O)c1=O)Nc1nccs1. The number of halogens is 1. The minimum absolute atomic E-state index is 0.274. The molecule has 0 aliphatic heterocycles. The zero-order valence-corrected chi connectivity index (χ0v) is 13.8. The van der Waals surface area contributed by atoms with Gasteiger partial charge in [0, 0.05) is 29.0 Å². The zero-order chi connectivity index (χ0) is 17.1. The monoisotopic (exact) mass is 362 g/mol. The Kier molecular flexibility index (Phi) is 4.59. The largest absolute Gasteiger partial charge is 0.320 e. The molecule has 0 aliphatic carbocycles.